The van der Waals surface area contributed by atoms with Crippen molar-refractivity contribution in [1.82, 2.24) is 10.2 Å². The molecular weight excluding hydrogens is 256 g/mol. The molecule has 20 heavy (non-hydrogen) atoms. The average Bonchev–Trinajstić information content (AvgIpc) is 3.15. The summed E-state index contributed by atoms with van der Waals surface area (Å²) in [7, 11) is 1.67. The van der Waals surface area contributed by atoms with Crippen LogP contribution in [-0.2, 0) is 14.3 Å². The number of hydrogen-bond donors (Lipinski definition) is 1. The third-order valence-electron chi connectivity index (χ3n) is 4.41. The van der Waals surface area contributed by atoms with E-state index >= 15 is 0 Å². The maximum absolute atomic E-state index is 12.6. The van der Waals surface area contributed by atoms with Gasteiger partial charge in [-0.25, -0.2) is 0 Å². The number of rotatable bonds is 5. The Hall–Kier alpha value is -1.10. The lowest BCUT2D eigenvalue weighted by molar-refractivity contribution is -0.155. The summed E-state index contributed by atoms with van der Waals surface area (Å²) in [5.41, 5.74) is -1.09. The molecule has 1 saturated carbocycles. The minimum atomic E-state index is -0.806. The summed E-state index contributed by atoms with van der Waals surface area (Å²) in [6, 6.07) is -0.289. The van der Waals surface area contributed by atoms with E-state index in [1.165, 1.54) is 0 Å². The van der Waals surface area contributed by atoms with Gasteiger partial charge in [0.25, 0.3) is 0 Å². The fraction of sp³-hybridized carbons (Fsp3) is 0.867. The second-order valence-electron chi connectivity index (χ2n) is 7.11. The molecule has 2 rings (SSSR count). The standard InChI is InChI=1S/C15H26N2O3/c1-14(2,20-5)8-9-17-11(10-6-7-10)12(18)16-15(3,4)13(17)19/h10-11H,6-9H2,1-5H3,(H,16,18). The van der Waals surface area contributed by atoms with Crippen LogP contribution in [0, 0.1) is 5.92 Å². The summed E-state index contributed by atoms with van der Waals surface area (Å²) in [5, 5.41) is 2.86. The van der Waals surface area contributed by atoms with E-state index in [9.17, 15) is 9.59 Å². The highest BCUT2D eigenvalue weighted by Gasteiger charge is 2.50. The Kier molecular flexibility index (Phi) is 3.84. The number of carbonyl (C=O) groups is 2. The topological polar surface area (TPSA) is 58.6 Å². The molecule has 0 aromatic rings. The van der Waals surface area contributed by atoms with Crippen LogP contribution in [-0.4, -0.2) is 47.6 Å². The molecule has 0 aromatic carbocycles. The predicted molar refractivity (Wildman–Crippen MR) is 76.2 cm³/mol. The number of amides is 2. The molecule has 0 spiro atoms. The first kappa shape index (κ1) is 15.3. The number of hydrogen-bond acceptors (Lipinski definition) is 3. The lowest BCUT2D eigenvalue weighted by Gasteiger charge is -2.44. The van der Waals surface area contributed by atoms with Crippen LogP contribution < -0.4 is 5.32 Å². The molecule has 0 aromatic heterocycles. The van der Waals surface area contributed by atoms with Gasteiger partial charge in [0.05, 0.1) is 5.60 Å². The van der Waals surface area contributed by atoms with Gasteiger partial charge in [0, 0.05) is 13.7 Å². The van der Waals surface area contributed by atoms with Gasteiger partial charge in [0.2, 0.25) is 11.8 Å². The number of piperazine rings is 1. The zero-order valence-electron chi connectivity index (χ0n) is 13.2. The van der Waals surface area contributed by atoms with Crippen molar-refractivity contribution in [2.24, 2.45) is 5.92 Å². The first-order valence-electron chi connectivity index (χ1n) is 7.36. The first-order valence-corrected chi connectivity index (χ1v) is 7.36. The molecule has 2 fully saturated rings. The first-order chi connectivity index (χ1) is 9.18. The van der Waals surface area contributed by atoms with Gasteiger partial charge in [-0.1, -0.05) is 0 Å². The molecule has 1 unspecified atom stereocenters. The van der Waals surface area contributed by atoms with E-state index in [2.05, 4.69) is 5.32 Å². The van der Waals surface area contributed by atoms with Crippen molar-refractivity contribution < 1.29 is 14.3 Å². The monoisotopic (exact) mass is 282 g/mol. The maximum atomic E-state index is 12.6. The lowest BCUT2D eigenvalue weighted by Crippen LogP contribution is -2.69. The number of nitrogens with zero attached hydrogens (tertiary/aromatic N) is 1. The third kappa shape index (κ3) is 2.97. The zero-order chi connectivity index (χ0) is 15.1. The van der Waals surface area contributed by atoms with Gasteiger partial charge in [0.1, 0.15) is 11.6 Å². The van der Waals surface area contributed by atoms with E-state index < -0.39 is 5.54 Å². The van der Waals surface area contributed by atoms with E-state index in [0.29, 0.717) is 12.5 Å². The second kappa shape index (κ2) is 5.02. The molecule has 5 heteroatoms. The molecule has 1 aliphatic heterocycles. The molecule has 0 bridgehead atoms. The van der Waals surface area contributed by atoms with E-state index in [1.807, 2.05) is 13.8 Å². The fourth-order valence-corrected chi connectivity index (χ4v) is 2.68. The van der Waals surface area contributed by atoms with Crippen molar-refractivity contribution >= 4 is 11.8 Å². The van der Waals surface area contributed by atoms with Gasteiger partial charge in [-0.3, -0.25) is 9.59 Å². The number of methoxy groups -OCH3 is 1. The van der Waals surface area contributed by atoms with Gasteiger partial charge in [0.15, 0.2) is 0 Å². The van der Waals surface area contributed by atoms with Crippen molar-refractivity contribution in [3.63, 3.8) is 0 Å². The SMILES string of the molecule is COC(C)(C)CCN1C(=O)C(C)(C)NC(=O)C1C1CC1. The van der Waals surface area contributed by atoms with Crippen molar-refractivity contribution in [3.8, 4) is 0 Å². The molecule has 114 valence electrons. The Bertz CT molecular complexity index is 413. The van der Waals surface area contributed by atoms with Gasteiger partial charge < -0.3 is 15.0 Å². The number of carbonyl (C=O) groups excluding carboxylic acids is 2. The van der Waals surface area contributed by atoms with Gasteiger partial charge in [-0.2, -0.15) is 0 Å². The summed E-state index contributed by atoms with van der Waals surface area (Å²) in [5.74, 6) is 0.342. The van der Waals surface area contributed by atoms with Crippen LogP contribution in [0.1, 0.15) is 47.0 Å². The van der Waals surface area contributed by atoms with Crippen molar-refractivity contribution in [1.29, 1.82) is 0 Å². The van der Waals surface area contributed by atoms with Crippen LogP contribution in [0.15, 0.2) is 0 Å². The number of nitrogens with one attached hydrogen (secondary N) is 1. The highest BCUT2D eigenvalue weighted by molar-refractivity contribution is 5.99. The Balaban J connectivity index is 2.15. The summed E-state index contributed by atoms with van der Waals surface area (Å²) in [4.78, 5) is 26.7. The van der Waals surface area contributed by atoms with Crippen LogP contribution in [0.2, 0.25) is 0 Å². The average molecular weight is 282 g/mol. The van der Waals surface area contributed by atoms with E-state index in [1.54, 1.807) is 25.9 Å². The van der Waals surface area contributed by atoms with E-state index in [4.69, 9.17) is 4.74 Å². The Morgan fingerprint density at radius 1 is 1.35 bits per heavy atom. The minimum Gasteiger partial charge on any atom is -0.379 e. The summed E-state index contributed by atoms with van der Waals surface area (Å²) in [6.45, 7) is 8.10. The third-order valence-corrected chi connectivity index (χ3v) is 4.41. The van der Waals surface area contributed by atoms with Crippen molar-refractivity contribution in [2.75, 3.05) is 13.7 Å². The van der Waals surface area contributed by atoms with Crippen LogP contribution in [0.4, 0.5) is 0 Å². The van der Waals surface area contributed by atoms with Gasteiger partial charge in [-0.05, 0) is 52.9 Å². The van der Waals surface area contributed by atoms with Crippen molar-refractivity contribution in [2.45, 2.75) is 64.1 Å². The van der Waals surface area contributed by atoms with Gasteiger partial charge >= 0.3 is 0 Å². The summed E-state index contributed by atoms with van der Waals surface area (Å²) < 4.78 is 5.42. The zero-order valence-corrected chi connectivity index (χ0v) is 13.2. The molecule has 1 saturated heterocycles. The normalized spacial score (nSPS) is 26.6. The largest absolute Gasteiger partial charge is 0.379 e. The molecule has 2 aliphatic rings. The predicted octanol–water partition coefficient (Wildman–Crippen LogP) is 1.32. The maximum Gasteiger partial charge on any atom is 0.248 e. The Morgan fingerprint density at radius 3 is 2.45 bits per heavy atom. The highest BCUT2D eigenvalue weighted by atomic mass is 16.5. The quantitative estimate of drug-likeness (QED) is 0.827. The molecule has 5 nitrogen and oxygen atoms in total. The molecule has 1 aliphatic carbocycles. The van der Waals surface area contributed by atoms with Crippen molar-refractivity contribution in [3.05, 3.63) is 0 Å². The number of ether oxygens (including phenoxy) is 1. The molecule has 2 amide bonds. The summed E-state index contributed by atoms with van der Waals surface area (Å²) >= 11 is 0. The molecular formula is C15H26N2O3. The highest BCUT2D eigenvalue weighted by Crippen LogP contribution is 2.38. The Labute approximate surface area is 121 Å². The van der Waals surface area contributed by atoms with Gasteiger partial charge in [-0.15, -0.1) is 0 Å². The molecule has 1 N–H and O–H groups in total. The molecule has 1 atom stereocenters. The van der Waals surface area contributed by atoms with E-state index in [-0.39, 0.29) is 23.5 Å². The lowest BCUT2D eigenvalue weighted by atomic mass is 9.93. The fourth-order valence-electron chi connectivity index (χ4n) is 2.68. The molecule has 1 heterocycles. The second-order valence-corrected chi connectivity index (χ2v) is 7.11. The van der Waals surface area contributed by atoms with Crippen LogP contribution in [0.3, 0.4) is 0 Å². The summed E-state index contributed by atoms with van der Waals surface area (Å²) in [6.07, 6.45) is 2.80. The molecule has 0 radical (unpaired) electrons. The Morgan fingerprint density at radius 2 is 1.95 bits per heavy atom. The van der Waals surface area contributed by atoms with Crippen LogP contribution in [0.5, 0.6) is 0 Å². The van der Waals surface area contributed by atoms with Crippen LogP contribution in [0.25, 0.3) is 0 Å². The van der Waals surface area contributed by atoms with Crippen LogP contribution >= 0.6 is 0 Å². The van der Waals surface area contributed by atoms with E-state index in [0.717, 1.165) is 19.3 Å². The minimum absolute atomic E-state index is 0.00711. The smallest absolute Gasteiger partial charge is 0.248 e.